The van der Waals surface area contributed by atoms with Crippen LogP contribution in [0.1, 0.15) is 47.5 Å². The fraction of sp³-hybridized carbons (Fsp3) is 0.833. The lowest BCUT2D eigenvalue weighted by molar-refractivity contribution is 0.332. The van der Waals surface area contributed by atoms with Gasteiger partial charge in [-0.15, -0.1) is 5.92 Å². The van der Waals surface area contributed by atoms with E-state index in [1.165, 1.54) is 0 Å². The Morgan fingerprint density at radius 1 is 1.15 bits per heavy atom. The lowest BCUT2D eigenvalue weighted by Gasteiger charge is -2.23. The van der Waals surface area contributed by atoms with Gasteiger partial charge in [0.1, 0.15) is 0 Å². The predicted molar refractivity (Wildman–Crippen MR) is 59.3 cm³/mol. The molecule has 0 aliphatic carbocycles. The van der Waals surface area contributed by atoms with Crippen LogP contribution < -0.4 is 5.73 Å². The van der Waals surface area contributed by atoms with Gasteiger partial charge in [0.15, 0.2) is 0 Å². The Morgan fingerprint density at radius 2 is 1.69 bits per heavy atom. The molecule has 0 rings (SSSR count). The maximum absolute atomic E-state index is 5.70. The highest BCUT2D eigenvalue weighted by Gasteiger charge is 2.18. The molecule has 1 atom stereocenters. The van der Waals surface area contributed by atoms with E-state index in [9.17, 15) is 0 Å². The maximum atomic E-state index is 5.70. The van der Waals surface area contributed by atoms with E-state index in [2.05, 4.69) is 46.5 Å². The van der Waals surface area contributed by atoms with Gasteiger partial charge in [0.05, 0.1) is 0 Å². The summed E-state index contributed by atoms with van der Waals surface area (Å²) >= 11 is 0. The third kappa shape index (κ3) is 5.71. The fourth-order valence-corrected chi connectivity index (χ4v) is 0.864. The second-order valence-electron chi connectivity index (χ2n) is 5.10. The highest BCUT2D eigenvalue weighted by Crippen LogP contribution is 2.23. The van der Waals surface area contributed by atoms with Crippen molar-refractivity contribution < 1.29 is 0 Å². The van der Waals surface area contributed by atoms with Crippen molar-refractivity contribution >= 4 is 0 Å². The van der Waals surface area contributed by atoms with Crippen LogP contribution >= 0.6 is 0 Å². The molecule has 1 unspecified atom stereocenters. The average molecular weight is 181 g/mol. The third-order valence-electron chi connectivity index (χ3n) is 2.32. The second kappa shape index (κ2) is 4.67. The van der Waals surface area contributed by atoms with Crippen LogP contribution in [0.4, 0.5) is 0 Å². The summed E-state index contributed by atoms with van der Waals surface area (Å²) in [7, 11) is 0. The van der Waals surface area contributed by atoms with Gasteiger partial charge in [-0.05, 0) is 39.2 Å². The van der Waals surface area contributed by atoms with Crippen LogP contribution in [0.2, 0.25) is 0 Å². The third-order valence-corrected chi connectivity index (χ3v) is 2.32. The Bertz CT molecular complexity index is 195. The normalized spacial score (nSPS) is 15.8. The van der Waals surface area contributed by atoms with Gasteiger partial charge in [0, 0.05) is 11.8 Å². The summed E-state index contributed by atoms with van der Waals surface area (Å²) in [5.41, 5.74) is 6.02. The smallest absolute Gasteiger partial charge is 0.0230 e. The summed E-state index contributed by atoms with van der Waals surface area (Å²) in [6.45, 7) is 11.5. The zero-order valence-corrected chi connectivity index (χ0v) is 9.70. The molecule has 0 aromatic carbocycles. The summed E-state index contributed by atoms with van der Waals surface area (Å²) in [4.78, 5) is 0. The van der Waals surface area contributed by atoms with Crippen molar-refractivity contribution in [3.63, 3.8) is 0 Å². The minimum Gasteiger partial charge on any atom is -0.330 e. The van der Waals surface area contributed by atoms with Gasteiger partial charge in [-0.25, -0.2) is 0 Å². The van der Waals surface area contributed by atoms with Gasteiger partial charge in [0.2, 0.25) is 0 Å². The van der Waals surface area contributed by atoms with Gasteiger partial charge in [-0.1, -0.05) is 19.8 Å². The lowest BCUT2D eigenvalue weighted by Crippen LogP contribution is -2.25. The monoisotopic (exact) mass is 181 g/mol. The van der Waals surface area contributed by atoms with Crippen molar-refractivity contribution in [1.82, 2.24) is 0 Å². The number of nitrogens with two attached hydrogens (primary N) is 1. The summed E-state index contributed by atoms with van der Waals surface area (Å²) in [6.07, 6.45) is 2.01. The van der Waals surface area contributed by atoms with Crippen molar-refractivity contribution in [3.05, 3.63) is 0 Å². The summed E-state index contributed by atoms with van der Waals surface area (Å²) in [5.74, 6) is 6.48. The molecular formula is C12H23N. The molecule has 0 spiro atoms. The second-order valence-corrected chi connectivity index (χ2v) is 5.10. The molecule has 0 amide bonds. The molecule has 0 heterocycles. The zero-order chi connectivity index (χ0) is 10.5. The molecular weight excluding hydrogens is 158 g/mol. The summed E-state index contributed by atoms with van der Waals surface area (Å²) in [5, 5.41) is 0. The SMILES string of the molecule is CCC(C)(CN)CC#CC(C)(C)C. The molecule has 0 aliphatic rings. The maximum Gasteiger partial charge on any atom is 0.0230 e. The largest absolute Gasteiger partial charge is 0.330 e. The highest BCUT2D eigenvalue weighted by molar-refractivity contribution is 5.09. The first kappa shape index (κ1) is 12.5. The molecule has 0 aromatic rings. The van der Waals surface area contributed by atoms with E-state index in [0.717, 1.165) is 19.4 Å². The molecule has 0 aliphatic heterocycles. The van der Waals surface area contributed by atoms with Crippen molar-refractivity contribution in [3.8, 4) is 11.8 Å². The van der Waals surface area contributed by atoms with Crippen molar-refractivity contribution in [2.45, 2.75) is 47.5 Å². The van der Waals surface area contributed by atoms with Gasteiger partial charge in [-0.3, -0.25) is 0 Å². The molecule has 2 N–H and O–H groups in total. The Kier molecular flexibility index (Phi) is 4.50. The molecule has 76 valence electrons. The number of rotatable bonds is 3. The van der Waals surface area contributed by atoms with Gasteiger partial charge >= 0.3 is 0 Å². The molecule has 0 bridgehead atoms. The molecule has 1 heteroatoms. The Morgan fingerprint density at radius 3 is 2.00 bits per heavy atom. The van der Waals surface area contributed by atoms with Crippen molar-refractivity contribution in [2.24, 2.45) is 16.6 Å². The van der Waals surface area contributed by atoms with Crippen LogP contribution in [-0.2, 0) is 0 Å². The zero-order valence-electron chi connectivity index (χ0n) is 9.70. The summed E-state index contributed by atoms with van der Waals surface area (Å²) in [6, 6.07) is 0. The predicted octanol–water partition coefficient (Wildman–Crippen LogP) is 2.80. The van der Waals surface area contributed by atoms with E-state index in [-0.39, 0.29) is 10.8 Å². The molecule has 0 fully saturated rings. The molecule has 13 heavy (non-hydrogen) atoms. The van der Waals surface area contributed by atoms with E-state index in [1.54, 1.807) is 0 Å². The van der Waals surface area contributed by atoms with Crippen LogP contribution in [0, 0.1) is 22.7 Å². The van der Waals surface area contributed by atoms with Crippen LogP contribution in [-0.4, -0.2) is 6.54 Å². The number of hydrogen-bond donors (Lipinski definition) is 1. The van der Waals surface area contributed by atoms with Crippen LogP contribution in [0.15, 0.2) is 0 Å². The Labute approximate surface area is 83.1 Å². The van der Waals surface area contributed by atoms with Gasteiger partial charge < -0.3 is 5.73 Å². The van der Waals surface area contributed by atoms with E-state index < -0.39 is 0 Å². The van der Waals surface area contributed by atoms with Crippen LogP contribution in [0.3, 0.4) is 0 Å². The highest BCUT2D eigenvalue weighted by atomic mass is 14.6. The minimum atomic E-state index is 0.114. The van der Waals surface area contributed by atoms with Crippen molar-refractivity contribution in [2.75, 3.05) is 6.54 Å². The molecule has 0 radical (unpaired) electrons. The summed E-state index contributed by atoms with van der Waals surface area (Å²) < 4.78 is 0. The van der Waals surface area contributed by atoms with E-state index in [0.29, 0.717) is 0 Å². The van der Waals surface area contributed by atoms with E-state index in [1.807, 2.05) is 0 Å². The minimum absolute atomic E-state index is 0.114. The van der Waals surface area contributed by atoms with Gasteiger partial charge in [-0.2, -0.15) is 0 Å². The first-order chi connectivity index (χ1) is 5.83. The van der Waals surface area contributed by atoms with Gasteiger partial charge in [0.25, 0.3) is 0 Å². The Hall–Kier alpha value is -0.480. The lowest BCUT2D eigenvalue weighted by atomic mass is 9.84. The van der Waals surface area contributed by atoms with E-state index in [4.69, 9.17) is 5.73 Å². The average Bonchev–Trinajstić information content (AvgIpc) is 2.02. The molecule has 0 saturated heterocycles. The number of hydrogen-bond acceptors (Lipinski definition) is 1. The first-order valence-electron chi connectivity index (χ1n) is 5.03. The first-order valence-corrected chi connectivity index (χ1v) is 5.03. The Balaban J connectivity index is 4.19. The quantitative estimate of drug-likeness (QED) is 0.666. The van der Waals surface area contributed by atoms with E-state index >= 15 is 0 Å². The molecule has 1 nitrogen and oxygen atoms in total. The fourth-order valence-electron chi connectivity index (χ4n) is 0.864. The topological polar surface area (TPSA) is 26.0 Å². The van der Waals surface area contributed by atoms with Crippen molar-refractivity contribution in [1.29, 1.82) is 0 Å². The molecule has 0 saturated carbocycles. The standard InChI is InChI=1S/C12H23N/c1-6-12(5,10-13)9-7-8-11(2,3)4/h6,9-10,13H2,1-5H3. The molecule has 0 aromatic heterocycles. The van der Waals surface area contributed by atoms with Crippen LogP contribution in [0.25, 0.3) is 0 Å². The van der Waals surface area contributed by atoms with Crippen LogP contribution in [0.5, 0.6) is 0 Å².